The molecule has 11 aromatic rings. The van der Waals surface area contributed by atoms with Gasteiger partial charge in [-0.05, 0) is 113 Å². The zero-order valence-corrected chi connectivity index (χ0v) is 32.5. The number of benzene rings is 11. The van der Waals surface area contributed by atoms with E-state index in [4.69, 9.17) is 0 Å². The molecule has 0 spiro atoms. The largest absolute Gasteiger partial charge is 0.310 e. The van der Waals surface area contributed by atoms with E-state index in [1.807, 2.05) is 0 Å². The van der Waals surface area contributed by atoms with Gasteiger partial charge in [-0.15, -0.1) is 0 Å². The first-order valence-corrected chi connectivity index (χ1v) is 20.3. The summed E-state index contributed by atoms with van der Waals surface area (Å²) in [7, 11) is 0. The maximum Gasteiger partial charge on any atom is 0.0546 e. The molecule has 0 unspecified atom stereocenters. The smallest absolute Gasteiger partial charge is 0.0546 e. The summed E-state index contributed by atoms with van der Waals surface area (Å²) in [5.41, 5.74) is 13.0. The fourth-order valence-electron chi connectivity index (χ4n) is 9.08. The zero-order chi connectivity index (χ0) is 39.1. The maximum atomic E-state index is 2.45. The van der Waals surface area contributed by atoms with Crippen LogP contribution in [-0.4, -0.2) is 0 Å². The van der Waals surface area contributed by atoms with Gasteiger partial charge in [0.2, 0.25) is 0 Å². The third-order valence-corrected chi connectivity index (χ3v) is 11.8. The second-order valence-corrected chi connectivity index (χ2v) is 15.2. The van der Waals surface area contributed by atoms with Gasteiger partial charge in [-0.25, -0.2) is 0 Å². The van der Waals surface area contributed by atoms with Crippen LogP contribution in [0.2, 0.25) is 0 Å². The first-order chi connectivity index (χ1) is 29.3. The van der Waals surface area contributed by atoms with Crippen molar-refractivity contribution in [3.63, 3.8) is 0 Å². The number of rotatable bonds is 7. The molecule has 1 heteroatoms. The molecule has 0 saturated heterocycles. The Kier molecular flexibility index (Phi) is 8.56. The summed E-state index contributed by atoms with van der Waals surface area (Å²) in [6.07, 6.45) is 0. The summed E-state index contributed by atoms with van der Waals surface area (Å²) >= 11 is 0. The molecule has 1 nitrogen and oxygen atoms in total. The van der Waals surface area contributed by atoms with Gasteiger partial charge in [0.05, 0.1) is 5.69 Å². The Morgan fingerprint density at radius 3 is 1.22 bits per heavy atom. The Morgan fingerprint density at radius 2 is 0.627 bits per heavy atom. The van der Waals surface area contributed by atoms with Crippen molar-refractivity contribution in [1.29, 1.82) is 0 Å². The predicted molar refractivity (Wildman–Crippen MR) is 253 cm³/mol. The van der Waals surface area contributed by atoms with Crippen molar-refractivity contribution in [2.75, 3.05) is 4.90 Å². The topological polar surface area (TPSA) is 3.24 Å². The number of hydrogen-bond donors (Lipinski definition) is 0. The van der Waals surface area contributed by atoms with Gasteiger partial charge in [0.1, 0.15) is 0 Å². The van der Waals surface area contributed by atoms with Gasteiger partial charge in [0.25, 0.3) is 0 Å². The van der Waals surface area contributed by atoms with E-state index in [9.17, 15) is 0 Å². The van der Waals surface area contributed by atoms with Crippen LogP contribution in [0.3, 0.4) is 0 Å². The second kappa shape index (κ2) is 14.6. The number of fused-ring (bicyclic) bond motifs is 6. The molecule has 0 saturated carbocycles. The minimum atomic E-state index is 1.10. The van der Waals surface area contributed by atoms with Crippen molar-refractivity contribution >= 4 is 60.2 Å². The predicted octanol–water partition coefficient (Wildman–Crippen LogP) is 16.4. The molecule has 0 aliphatic heterocycles. The van der Waals surface area contributed by atoms with E-state index in [1.54, 1.807) is 0 Å². The molecule has 0 aromatic heterocycles. The zero-order valence-electron chi connectivity index (χ0n) is 32.5. The number of anilines is 3. The summed E-state index contributed by atoms with van der Waals surface area (Å²) in [4.78, 5) is 2.45. The molecule has 0 atom stereocenters. The van der Waals surface area contributed by atoms with Crippen LogP contribution in [0.25, 0.3) is 87.6 Å². The Labute approximate surface area is 344 Å². The Bertz CT molecular complexity index is 3290. The third kappa shape index (κ3) is 6.12. The van der Waals surface area contributed by atoms with Crippen LogP contribution in [0, 0.1) is 0 Å². The molecular formula is C58H39N. The van der Waals surface area contributed by atoms with Crippen LogP contribution in [0.5, 0.6) is 0 Å². The van der Waals surface area contributed by atoms with Crippen LogP contribution < -0.4 is 4.90 Å². The van der Waals surface area contributed by atoms with Crippen molar-refractivity contribution in [3.8, 4) is 44.5 Å². The van der Waals surface area contributed by atoms with E-state index in [1.165, 1.54) is 87.6 Å². The van der Waals surface area contributed by atoms with E-state index in [2.05, 4.69) is 241 Å². The maximum absolute atomic E-state index is 2.45. The van der Waals surface area contributed by atoms with Gasteiger partial charge >= 0.3 is 0 Å². The molecule has 0 N–H and O–H groups in total. The normalized spacial score (nSPS) is 11.4. The fraction of sp³-hybridized carbons (Fsp3) is 0. The Morgan fingerprint density at radius 1 is 0.220 bits per heavy atom. The van der Waals surface area contributed by atoms with E-state index in [0.29, 0.717) is 0 Å². The molecule has 11 rings (SSSR count). The minimum Gasteiger partial charge on any atom is -0.310 e. The van der Waals surface area contributed by atoms with Crippen molar-refractivity contribution in [3.05, 3.63) is 237 Å². The molecule has 0 aliphatic rings. The monoisotopic (exact) mass is 749 g/mol. The van der Waals surface area contributed by atoms with Gasteiger partial charge in [-0.3, -0.25) is 0 Å². The summed E-state index contributed by atoms with van der Waals surface area (Å²) < 4.78 is 0. The van der Waals surface area contributed by atoms with E-state index >= 15 is 0 Å². The highest BCUT2D eigenvalue weighted by atomic mass is 15.1. The van der Waals surface area contributed by atoms with E-state index < -0.39 is 0 Å². The average molecular weight is 750 g/mol. The van der Waals surface area contributed by atoms with Crippen LogP contribution in [-0.2, 0) is 0 Å². The number of nitrogens with zero attached hydrogens (tertiary/aromatic N) is 1. The molecule has 0 aliphatic carbocycles. The first-order valence-electron chi connectivity index (χ1n) is 20.3. The number of hydrogen-bond acceptors (Lipinski definition) is 1. The van der Waals surface area contributed by atoms with Crippen LogP contribution in [0.15, 0.2) is 237 Å². The lowest BCUT2D eigenvalue weighted by Crippen LogP contribution is -2.11. The van der Waals surface area contributed by atoms with Crippen molar-refractivity contribution in [2.24, 2.45) is 0 Å². The SMILES string of the molecule is c1ccc(-c2ccc(-c3ccc(N(c4cccc(-c5c(-c6ccccc6)c6ccccc6c6ccccc56)c4)c4cc5ccccc5c5ccccc45)cc3)cc2)cc1. The molecule has 0 bridgehead atoms. The molecule has 276 valence electrons. The third-order valence-electron chi connectivity index (χ3n) is 11.8. The summed E-state index contributed by atoms with van der Waals surface area (Å²) in [6.45, 7) is 0. The second-order valence-electron chi connectivity index (χ2n) is 15.2. The van der Waals surface area contributed by atoms with Gasteiger partial charge < -0.3 is 4.90 Å². The fourth-order valence-corrected chi connectivity index (χ4v) is 9.08. The molecule has 0 amide bonds. The molecule has 59 heavy (non-hydrogen) atoms. The lowest BCUT2D eigenvalue weighted by atomic mass is 9.85. The van der Waals surface area contributed by atoms with Crippen molar-refractivity contribution in [2.45, 2.75) is 0 Å². The summed E-state index contributed by atoms with van der Waals surface area (Å²) in [5, 5.41) is 9.93. The summed E-state index contributed by atoms with van der Waals surface area (Å²) in [6, 6.07) is 86.3. The average Bonchev–Trinajstić information content (AvgIpc) is 3.32. The van der Waals surface area contributed by atoms with Gasteiger partial charge in [-0.2, -0.15) is 0 Å². The standard InChI is InChI=1S/C58H39N/c1-3-16-40(17-4-1)41-30-32-42(33-31-41)43-34-36-47(37-35-43)59(56-39-45-20-7-8-23-49(45)50-24-9-12-27-53(50)56)48-22-15-21-46(38-48)58-55-29-14-11-26-52(55)51-25-10-13-28-54(51)57(58)44-18-5-2-6-19-44/h1-39H. The van der Waals surface area contributed by atoms with E-state index in [-0.39, 0.29) is 0 Å². The quantitative estimate of drug-likeness (QED) is 0.147. The highest BCUT2D eigenvalue weighted by Crippen LogP contribution is 2.47. The van der Waals surface area contributed by atoms with Crippen molar-refractivity contribution < 1.29 is 0 Å². The highest BCUT2D eigenvalue weighted by molar-refractivity contribution is 6.22. The first kappa shape index (κ1) is 34.5. The van der Waals surface area contributed by atoms with Crippen LogP contribution in [0.4, 0.5) is 17.1 Å². The lowest BCUT2D eigenvalue weighted by molar-refractivity contribution is 1.30. The molecule has 0 radical (unpaired) electrons. The molecule has 11 aromatic carbocycles. The van der Waals surface area contributed by atoms with Crippen LogP contribution >= 0.6 is 0 Å². The lowest BCUT2D eigenvalue weighted by Gasteiger charge is -2.28. The van der Waals surface area contributed by atoms with E-state index in [0.717, 1.165) is 17.1 Å². The van der Waals surface area contributed by atoms with Gasteiger partial charge in [-0.1, -0.05) is 206 Å². The van der Waals surface area contributed by atoms with Gasteiger partial charge in [0, 0.05) is 16.8 Å². The minimum absolute atomic E-state index is 1.10. The molecular weight excluding hydrogens is 711 g/mol. The molecule has 0 heterocycles. The summed E-state index contributed by atoms with van der Waals surface area (Å²) in [5.74, 6) is 0. The Hall–Kier alpha value is -7.74. The van der Waals surface area contributed by atoms with Gasteiger partial charge in [0.15, 0.2) is 0 Å². The Balaban J connectivity index is 1.12. The highest BCUT2D eigenvalue weighted by Gasteiger charge is 2.21. The molecule has 0 fully saturated rings. The van der Waals surface area contributed by atoms with Crippen molar-refractivity contribution in [1.82, 2.24) is 0 Å². The van der Waals surface area contributed by atoms with Crippen LogP contribution in [0.1, 0.15) is 0 Å².